The van der Waals surface area contributed by atoms with Crippen LogP contribution in [0.3, 0.4) is 0 Å². The van der Waals surface area contributed by atoms with Crippen LogP contribution in [-0.2, 0) is 14.3 Å². The molecule has 0 bridgehead atoms. The normalized spacial score (nSPS) is 15.8. The van der Waals surface area contributed by atoms with E-state index in [2.05, 4.69) is 31.4 Å². The van der Waals surface area contributed by atoms with Crippen molar-refractivity contribution in [3.05, 3.63) is 35.4 Å². The van der Waals surface area contributed by atoms with Gasteiger partial charge >= 0.3 is 0 Å². The van der Waals surface area contributed by atoms with Gasteiger partial charge in [-0.3, -0.25) is 14.4 Å². The molecule has 7 nitrogen and oxygen atoms in total. The Morgan fingerprint density at radius 2 is 1.88 bits per heavy atom. The summed E-state index contributed by atoms with van der Waals surface area (Å²) in [7, 11) is 1.63. The van der Waals surface area contributed by atoms with Crippen LogP contribution in [0.15, 0.2) is 24.3 Å². The van der Waals surface area contributed by atoms with E-state index >= 15 is 0 Å². The van der Waals surface area contributed by atoms with Crippen molar-refractivity contribution in [2.45, 2.75) is 59.4 Å². The van der Waals surface area contributed by atoms with Gasteiger partial charge in [0.25, 0.3) is 5.91 Å². The maximum Gasteiger partial charge on any atom is 0.251 e. The molecular weight excluding hydrogens is 406 g/mol. The molecule has 0 spiro atoms. The summed E-state index contributed by atoms with van der Waals surface area (Å²) in [6.45, 7) is 10.4. The van der Waals surface area contributed by atoms with Crippen LogP contribution < -0.4 is 10.6 Å². The maximum atomic E-state index is 13.0. The minimum absolute atomic E-state index is 0.0233. The predicted molar refractivity (Wildman–Crippen MR) is 125 cm³/mol. The second kappa shape index (κ2) is 12.0. The third-order valence-corrected chi connectivity index (χ3v) is 5.72. The number of amides is 3. The van der Waals surface area contributed by atoms with Crippen molar-refractivity contribution >= 4 is 17.7 Å². The summed E-state index contributed by atoms with van der Waals surface area (Å²) in [4.78, 5) is 40.4. The zero-order valence-corrected chi connectivity index (χ0v) is 20.2. The number of nitrogens with one attached hydrogen (secondary N) is 2. The standard InChI is InChI=1S/C25H39N3O4/c1-18-8-6-9-20(16-18)23(30)27-22(24(31)26-12-7-15-32-5)19-10-13-28(14-11-19)21(29)17-25(2,3)4/h6,8-9,16,19,22H,7,10-15,17H2,1-5H3,(H,26,31)(H,27,30)/t22-/m1/s1. The molecule has 2 rings (SSSR count). The van der Waals surface area contributed by atoms with Crippen LogP contribution >= 0.6 is 0 Å². The predicted octanol–water partition coefficient (Wildman–Crippen LogP) is 2.92. The van der Waals surface area contributed by atoms with Gasteiger partial charge in [0.05, 0.1) is 0 Å². The van der Waals surface area contributed by atoms with Crippen LogP contribution in [0.2, 0.25) is 0 Å². The Kier molecular flexibility index (Phi) is 9.69. The first-order chi connectivity index (χ1) is 15.1. The van der Waals surface area contributed by atoms with Gasteiger partial charge < -0.3 is 20.3 Å². The number of hydrogen-bond acceptors (Lipinski definition) is 4. The third kappa shape index (κ3) is 8.26. The molecule has 1 aromatic carbocycles. The van der Waals surface area contributed by atoms with Crippen molar-refractivity contribution in [3.63, 3.8) is 0 Å². The number of rotatable bonds is 9. The number of piperidine rings is 1. The van der Waals surface area contributed by atoms with Crippen molar-refractivity contribution in [3.8, 4) is 0 Å². The Morgan fingerprint density at radius 1 is 1.19 bits per heavy atom. The molecule has 1 heterocycles. The van der Waals surface area contributed by atoms with E-state index in [0.29, 0.717) is 57.5 Å². The van der Waals surface area contributed by atoms with E-state index in [9.17, 15) is 14.4 Å². The van der Waals surface area contributed by atoms with E-state index in [4.69, 9.17) is 4.74 Å². The number of hydrogen-bond donors (Lipinski definition) is 2. The van der Waals surface area contributed by atoms with Crippen molar-refractivity contribution in [1.29, 1.82) is 0 Å². The van der Waals surface area contributed by atoms with Gasteiger partial charge in [-0.15, -0.1) is 0 Å². The Labute approximate surface area is 192 Å². The highest BCUT2D eigenvalue weighted by atomic mass is 16.5. The molecular formula is C25H39N3O4. The Bertz CT molecular complexity index is 780. The molecule has 1 aromatic rings. The number of nitrogens with zero attached hydrogens (tertiary/aromatic N) is 1. The number of carbonyl (C=O) groups excluding carboxylic acids is 3. The first-order valence-corrected chi connectivity index (χ1v) is 11.5. The van der Waals surface area contributed by atoms with E-state index in [1.807, 2.05) is 30.0 Å². The number of methoxy groups -OCH3 is 1. The molecule has 3 amide bonds. The van der Waals surface area contributed by atoms with Crippen LogP contribution in [0.25, 0.3) is 0 Å². The molecule has 1 aliphatic rings. The zero-order valence-electron chi connectivity index (χ0n) is 20.2. The molecule has 7 heteroatoms. The van der Waals surface area contributed by atoms with Crippen molar-refractivity contribution in [2.24, 2.45) is 11.3 Å². The van der Waals surface area contributed by atoms with Crippen LogP contribution in [0.5, 0.6) is 0 Å². The first-order valence-electron chi connectivity index (χ1n) is 11.5. The monoisotopic (exact) mass is 445 g/mol. The topological polar surface area (TPSA) is 87.7 Å². The molecule has 0 radical (unpaired) electrons. The minimum atomic E-state index is -0.634. The van der Waals surface area contributed by atoms with E-state index in [1.54, 1.807) is 13.2 Å². The van der Waals surface area contributed by atoms with Crippen LogP contribution in [-0.4, -0.2) is 62.0 Å². The molecule has 0 saturated carbocycles. The van der Waals surface area contributed by atoms with Gasteiger partial charge in [0.1, 0.15) is 6.04 Å². The molecule has 1 fully saturated rings. The fourth-order valence-corrected chi connectivity index (χ4v) is 3.99. The molecule has 1 aliphatic heterocycles. The van der Waals surface area contributed by atoms with Gasteiger partial charge in [-0.1, -0.05) is 38.5 Å². The Balaban J connectivity index is 2.05. The lowest BCUT2D eigenvalue weighted by Gasteiger charge is -2.36. The van der Waals surface area contributed by atoms with E-state index < -0.39 is 6.04 Å². The quantitative estimate of drug-likeness (QED) is 0.572. The number of carbonyl (C=O) groups is 3. The molecule has 2 N–H and O–H groups in total. The number of benzene rings is 1. The fourth-order valence-electron chi connectivity index (χ4n) is 3.99. The third-order valence-electron chi connectivity index (χ3n) is 5.72. The maximum absolute atomic E-state index is 13.0. The Morgan fingerprint density at radius 3 is 2.47 bits per heavy atom. The van der Waals surface area contributed by atoms with E-state index in [1.165, 1.54) is 0 Å². The SMILES string of the molecule is COCCCNC(=O)[C@H](NC(=O)c1cccc(C)c1)C1CCN(C(=O)CC(C)(C)C)CC1. The van der Waals surface area contributed by atoms with Crippen LogP contribution in [0, 0.1) is 18.3 Å². The average Bonchev–Trinajstić information content (AvgIpc) is 2.73. The highest BCUT2D eigenvalue weighted by molar-refractivity contribution is 5.97. The molecule has 32 heavy (non-hydrogen) atoms. The summed E-state index contributed by atoms with van der Waals surface area (Å²) in [5.41, 5.74) is 1.48. The summed E-state index contributed by atoms with van der Waals surface area (Å²) in [5.74, 6) is -0.302. The van der Waals surface area contributed by atoms with Gasteiger partial charge in [-0.05, 0) is 49.7 Å². The van der Waals surface area contributed by atoms with Crippen molar-refractivity contribution in [2.75, 3.05) is 33.4 Å². The highest BCUT2D eigenvalue weighted by Gasteiger charge is 2.34. The van der Waals surface area contributed by atoms with Gasteiger partial charge in [-0.25, -0.2) is 0 Å². The van der Waals surface area contributed by atoms with Gasteiger partial charge in [0.15, 0.2) is 0 Å². The molecule has 0 aromatic heterocycles. The molecule has 0 aliphatic carbocycles. The molecule has 1 saturated heterocycles. The summed E-state index contributed by atoms with van der Waals surface area (Å²) < 4.78 is 5.04. The molecule has 0 unspecified atom stereocenters. The second-order valence-electron chi connectivity index (χ2n) is 9.91. The molecule has 1 atom stereocenters. The lowest BCUT2D eigenvalue weighted by atomic mass is 9.87. The van der Waals surface area contributed by atoms with E-state index in [-0.39, 0.29) is 29.1 Å². The Hall–Kier alpha value is -2.41. The summed E-state index contributed by atoms with van der Waals surface area (Å²) in [6.07, 6.45) is 2.58. The number of ether oxygens (including phenoxy) is 1. The smallest absolute Gasteiger partial charge is 0.251 e. The lowest BCUT2D eigenvalue weighted by molar-refractivity contribution is -0.134. The second-order valence-corrected chi connectivity index (χ2v) is 9.91. The highest BCUT2D eigenvalue weighted by Crippen LogP contribution is 2.25. The van der Waals surface area contributed by atoms with Crippen molar-refractivity contribution < 1.29 is 19.1 Å². The first kappa shape index (κ1) is 25.8. The summed E-state index contributed by atoms with van der Waals surface area (Å²) >= 11 is 0. The van der Waals surface area contributed by atoms with E-state index in [0.717, 1.165) is 5.56 Å². The number of likely N-dealkylation sites (tertiary alicyclic amines) is 1. The number of aryl methyl sites for hydroxylation is 1. The van der Waals surface area contributed by atoms with Gasteiger partial charge in [0.2, 0.25) is 11.8 Å². The van der Waals surface area contributed by atoms with Crippen LogP contribution in [0.4, 0.5) is 0 Å². The lowest BCUT2D eigenvalue weighted by Crippen LogP contribution is -2.54. The largest absolute Gasteiger partial charge is 0.385 e. The minimum Gasteiger partial charge on any atom is -0.385 e. The summed E-state index contributed by atoms with van der Waals surface area (Å²) in [5, 5.41) is 5.90. The van der Waals surface area contributed by atoms with Gasteiger partial charge in [-0.2, -0.15) is 0 Å². The average molecular weight is 446 g/mol. The van der Waals surface area contributed by atoms with Gasteiger partial charge in [0, 0.05) is 45.3 Å². The zero-order chi connectivity index (χ0) is 23.7. The van der Waals surface area contributed by atoms with Crippen molar-refractivity contribution in [1.82, 2.24) is 15.5 Å². The summed E-state index contributed by atoms with van der Waals surface area (Å²) in [6, 6.07) is 6.70. The molecule has 178 valence electrons. The fraction of sp³-hybridized carbons (Fsp3) is 0.640. The van der Waals surface area contributed by atoms with Crippen LogP contribution in [0.1, 0.15) is 62.4 Å².